The van der Waals surface area contributed by atoms with Crippen molar-refractivity contribution in [3.8, 4) is 5.75 Å². The zero-order valence-corrected chi connectivity index (χ0v) is 20.2. The highest BCUT2D eigenvalue weighted by atomic mass is 16.5. The maximum atomic E-state index is 13.2. The molecule has 5 aromatic rings. The molecule has 37 heavy (non-hydrogen) atoms. The molecule has 1 aliphatic heterocycles. The van der Waals surface area contributed by atoms with Crippen LogP contribution in [0.2, 0.25) is 0 Å². The maximum Gasteiger partial charge on any atom is 0.259 e. The molecular formula is C30H26N4O3. The fraction of sp³-hybridized carbons (Fsp3) is 0.133. The van der Waals surface area contributed by atoms with Crippen LogP contribution in [0.4, 0.5) is 0 Å². The monoisotopic (exact) mass is 490 g/mol. The van der Waals surface area contributed by atoms with Gasteiger partial charge in [0.05, 0.1) is 16.7 Å². The van der Waals surface area contributed by atoms with Gasteiger partial charge in [-0.2, -0.15) is 0 Å². The number of carbonyl (C=O) groups is 2. The molecule has 7 nitrogen and oxygen atoms in total. The van der Waals surface area contributed by atoms with E-state index >= 15 is 0 Å². The van der Waals surface area contributed by atoms with Crippen LogP contribution in [-0.2, 0) is 22.7 Å². The van der Waals surface area contributed by atoms with E-state index in [9.17, 15) is 9.59 Å². The first-order chi connectivity index (χ1) is 18.1. The van der Waals surface area contributed by atoms with E-state index in [1.54, 1.807) is 6.20 Å². The molecule has 0 unspecified atom stereocenters. The standard InChI is InChI=1S/C30H26N4O3/c31-13-6-14-34-17-24(22-12-11-20(15-26(22)34)37-18-19-7-2-1-3-8-19)28-27(29(35)33-30(28)36)23-16-32-25-10-5-4-9-21(23)25/h1-5,7-12,15-17,32H,6,13-14,18,31H2,(H,33,35,36). The molecule has 3 aromatic carbocycles. The van der Waals surface area contributed by atoms with Gasteiger partial charge in [-0.25, -0.2) is 0 Å². The van der Waals surface area contributed by atoms with E-state index in [0.29, 0.717) is 42.0 Å². The molecule has 0 spiro atoms. The summed E-state index contributed by atoms with van der Waals surface area (Å²) in [5, 5.41) is 4.28. The second-order valence-corrected chi connectivity index (χ2v) is 9.11. The predicted octanol–water partition coefficient (Wildman–Crippen LogP) is 4.62. The first-order valence-electron chi connectivity index (χ1n) is 12.3. The number of aromatic amines is 1. The minimum Gasteiger partial charge on any atom is -0.489 e. The van der Waals surface area contributed by atoms with Gasteiger partial charge in [0.1, 0.15) is 12.4 Å². The Hall–Kier alpha value is -4.62. The van der Waals surface area contributed by atoms with Crippen molar-refractivity contribution in [3.05, 3.63) is 102 Å². The van der Waals surface area contributed by atoms with Crippen LogP contribution in [0.5, 0.6) is 5.75 Å². The number of nitrogens with one attached hydrogen (secondary N) is 2. The van der Waals surface area contributed by atoms with Gasteiger partial charge < -0.3 is 20.0 Å². The summed E-state index contributed by atoms with van der Waals surface area (Å²) in [6, 6.07) is 23.6. The molecule has 3 heterocycles. The Bertz CT molecular complexity index is 1680. The number of rotatable bonds is 8. The van der Waals surface area contributed by atoms with Crippen LogP contribution in [0.15, 0.2) is 85.2 Å². The van der Waals surface area contributed by atoms with Crippen molar-refractivity contribution in [3.63, 3.8) is 0 Å². The van der Waals surface area contributed by atoms with Crippen molar-refractivity contribution in [1.29, 1.82) is 0 Å². The maximum absolute atomic E-state index is 13.2. The molecule has 0 atom stereocenters. The molecule has 4 N–H and O–H groups in total. The molecule has 7 heteroatoms. The smallest absolute Gasteiger partial charge is 0.259 e. The van der Waals surface area contributed by atoms with E-state index in [1.807, 2.05) is 79.0 Å². The third-order valence-corrected chi connectivity index (χ3v) is 6.76. The molecule has 2 amide bonds. The van der Waals surface area contributed by atoms with Gasteiger partial charge in [0.25, 0.3) is 11.8 Å². The van der Waals surface area contributed by atoms with E-state index in [4.69, 9.17) is 10.5 Å². The summed E-state index contributed by atoms with van der Waals surface area (Å²) < 4.78 is 8.16. The van der Waals surface area contributed by atoms with E-state index in [-0.39, 0.29) is 0 Å². The van der Waals surface area contributed by atoms with Crippen molar-refractivity contribution in [1.82, 2.24) is 14.9 Å². The SMILES string of the molecule is NCCCn1cc(C2=C(c3c[nH]c4ccccc34)C(=O)NC2=O)c2ccc(OCc3ccccc3)cc21. The largest absolute Gasteiger partial charge is 0.489 e. The van der Waals surface area contributed by atoms with Crippen LogP contribution in [0.25, 0.3) is 33.0 Å². The number of hydrogen-bond donors (Lipinski definition) is 3. The minimum atomic E-state index is -0.396. The van der Waals surface area contributed by atoms with Gasteiger partial charge in [0, 0.05) is 52.4 Å². The topological polar surface area (TPSA) is 102 Å². The highest BCUT2D eigenvalue weighted by molar-refractivity contribution is 6.50. The van der Waals surface area contributed by atoms with Crippen LogP contribution in [0.1, 0.15) is 23.1 Å². The van der Waals surface area contributed by atoms with Crippen molar-refractivity contribution >= 4 is 44.8 Å². The normalized spacial score (nSPS) is 13.6. The van der Waals surface area contributed by atoms with Crippen molar-refractivity contribution in [2.45, 2.75) is 19.6 Å². The van der Waals surface area contributed by atoms with Crippen molar-refractivity contribution in [2.24, 2.45) is 5.73 Å². The van der Waals surface area contributed by atoms with Crippen molar-refractivity contribution in [2.75, 3.05) is 6.54 Å². The number of imide groups is 1. The zero-order chi connectivity index (χ0) is 25.4. The van der Waals surface area contributed by atoms with Crippen LogP contribution in [0.3, 0.4) is 0 Å². The number of nitrogens with two attached hydrogens (primary N) is 1. The lowest BCUT2D eigenvalue weighted by Crippen LogP contribution is -2.22. The fourth-order valence-electron chi connectivity index (χ4n) is 5.00. The van der Waals surface area contributed by atoms with E-state index in [0.717, 1.165) is 39.5 Å². The number of ether oxygens (including phenoxy) is 1. The first kappa shape index (κ1) is 22.8. The highest BCUT2D eigenvalue weighted by Gasteiger charge is 2.35. The van der Waals surface area contributed by atoms with Gasteiger partial charge in [-0.3, -0.25) is 14.9 Å². The molecule has 0 saturated heterocycles. The summed E-state index contributed by atoms with van der Waals surface area (Å²) in [5.41, 5.74) is 10.9. The number of nitrogens with zero attached hydrogens (tertiary/aromatic N) is 1. The second kappa shape index (κ2) is 9.44. The van der Waals surface area contributed by atoms with Gasteiger partial charge >= 0.3 is 0 Å². The predicted molar refractivity (Wildman–Crippen MR) is 145 cm³/mol. The molecule has 6 rings (SSSR count). The molecule has 2 aromatic heterocycles. The molecule has 0 aliphatic carbocycles. The lowest BCUT2D eigenvalue weighted by Gasteiger charge is -2.09. The average Bonchev–Trinajstić information content (AvgIpc) is 3.59. The average molecular weight is 491 g/mol. The van der Waals surface area contributed by atoms with E-state index in [2.05, 4.69) is 14.9 Å². The van der Waals surface area contributed by atoms with E-state index in [1.165, 1.54) is 0 Å². The van der Waals surface area contributed by atoms with Crippen LogP contribution < -0.4 is 15.8 Å². The Balaban J connectivity index is 1.48. The summed E-state index contributed by atoms with van der Waals surface area (Å²) in [6.45, 7) is 1.68. The third-order valence-electron chi connectivity index (χ3n) is 6.76. The van der Waals surface area contributed by atoms with Gasteiger partial charge in [-0.1, -0.05) is 48.5 Å². The van der Waals surface area contributed by atoms with Crippen molar-refractivity contribution < 1.29 is 14.3 Å². The quantitative estimate of drug-likeness (QED) is 0.276. The summed E-state index contributed by atoms with van der Waals surface area (Å²) >= 11 is 0. The van der Waals surface area contributed by atoms with Gasteiger partial charge in [0.15, 0.2) is 0 Å². The Labute approximate surface area is 213 Å². The van der Waals surface area contributed by atoms with Crippen LogP contribution in [-0.4, -0.2) is 27.9 Å². The van der Waals surface area contributed by atoms with Crippen LogP contribution in [0, 0.1) is 0 Å². The summed E-state index contributed by atoms with van der Waals surface area (Å²) in [7, 11) is 0. The lowest BCUT2D eigenvalue weighted by molar-refractivity contribution is -0.122. The Morgan fingerprint density at radius 1 is 0.838 bits per heavy atom. The third kappa shape index (κ3) is 4.09. The number of fused-ring (bicyclic) bond motifs is 2. The molecule has 184 valence electrons. The Kier molecular flexibility index (Phi) is 5.82. The molecule has 1 aliphatic rings. The fourth-order valence-corrected chi connectivity index (χ4v) is 5.00. The van der Waals surface area contributed by atoms with Gasteiger partial charge in [0.2, 0.25) is 0 Å². The molecule has 0 radical (unpaired) electrons. The number of H-pyrrole nitrogens is 1. The molecule has 0 fully saturated rings. The first-order valence-corrected chi connectivity index (χ1v) is 12.3. The summed E-state index contributed by atoms with van der Waals surface area (Å²) in [6.07, 6.45) is 4.52. The minimum absolute atomic E-state index is 0.379. The van der Waals surface area contributed by atoms with E-state index < -0.39 is 11.8 Å². The summed E-state index contributed by atoms with van der Waals surface area (Å²) in [4.78, 5) is 29.4. The van der Waals surface area contributed by atoms with Gasteiger partial charge in [-0.15, -0.1) is 0 Å². The molecule has 0 bridgehead atoms. The number of hydrogen-bond acceptors (Lipinski definition) is 4. The Morgan fingerprint density at radius 2 is 1.59 bits per heavy atom. The molecular weight excluding hydrogens is 464 g/mol. The number of carbonyl (C=O) groups excluding carboxylic acids is 2. The molecule has 0 saturated carbocycles. The summed E-state index contributed by atoms with van der Waals surface area (Å²) in [5.74, 6) is -0.0595. The Morgan fingerprint density at radius 3 is 2.41 bits per heavy atom. The second-order valence-electron chi connectivity index (χ2n) is 9.11. The highest BCUT2D eigenvalue weighted by Crippen LogP contribution is 2.39. The van der Waals surface area contributed by atoms with Gasteiger partial charge in [-0.05, 0) is 36.7 Å². The number of para-hydroxylation sites is 1. The number of aryl methyl sites for hydroxylation is 1. The van der Waals surface area contributed by atoms with Crippen LogP contribution >= 0.6 is 0 Å². The number of amides is 2. The number of aromatic nitrogens is 2. The zero-order valence-electron chi connectivity index (χ0n) is 20.2. The lowest BCUT2D eigenvalue weighted by atomic mass is 9.95. The number of benzene rings is 3.